The van der Waals surface area contributed by atoms with E-state index in [-0.39, 0.29) is 10.6 Å². The number of carbonyl (C=O) groups excluding carboxylic acids is 1. The average molecular weight is 399 g/mol. The van der Waals surface area contributed by atoms with Gasteiger partial charge in [-0.2, -0.15) is 0 Å². The molecule has 1 aromatic carbocycles. The molecule has 2 nitrogen and oxygen atoms in total. The highest BCUT2D eigenvalue weighted by Gasteiger charge is 2.46. The fraction of sp³-hybridized carbons (Fsp3) is 0.632. The minimum atomic E-state index is -1.94. The first-order valence-electron chi connectivity index (χ1n) is 8.64. The molecule has 1 rings (SSSR count). The fourth-order valence-corrected chi connectivity index (χ4v) is 9.13. The van der Waals surface area contributed by atoms with Crippen molar-refractivity contribution in [2.45, 2.75) is 76.3 Å². The van der Waals surface area contributed by atoms with Gasteiger partial charge in [0.1, 0.15) is 5.75 Å². The Kier molecular flexibility index (Phi) is 7.53. The number of carbonyl (C=O) groups is 1. The van der Waals surface area contributed by atoms with Gasteiger partial charge in [-0.3, -0.25) is 4.79 Å². The fourth-order valence-electron chi connectivity index (χ4n) is 3.61. The maximum Gasteiger partial charge on any atom is 0.258 e. The Bertz CT molecular complexity index is 487. The van der Waals surface area contributed by atoms with Crippen LogP contribution in [0, 0.1) is 0 Å². The van der Waals surface area contributed by atoms with Crippen molar-refractivity contribution >= 4 is 30.0 Å². The number of hydrogen-bond acceptors (Lipinski definition) is 2. The topological polar surface area (TPSA) is 26.3 Å². The van der Waals surface area contributed by atoms with Gasteiger partial charge < -0.3 is 4.43 Å². The Morgan fingerprint density at radius 2 is 1.43 bits per heavy atom. The van der Waals surface area contributed by atoms with Crippen LogP contribution in [0.5, 0.6) is 5.75 Å². The Hall–Kier alpha value is -0.613. The average Bonchev–Trinajstić information content (AvgIpc) is 2.50. The maximum absolute atomic E-state index is 12.2. The molecule has 23 heavy (non-hydrogen) atoms. The predicted molar refractivity (Wildman–Crippen MR) is 105 cm³/mol. The number of benzene rings is 1. The zero-order chi connectivity index (χ0) is 17.8. The van der Waals surface area contributed by atoms with Gasteiger partial charge in [-0.1, -0.05) is 64.4 Å². The van der Waals surface area contributed by atoms with Crippen molar-refractivity contribution in [1.82, 2.24) is 0 Å². The molecule has 1 unspecified atom stereocenters. The third kappa shape index (κ3) is 4.47. The van der Waals surface area contributed by atoms with Crippen molar-refractivity contribution in [3.05, 3.63) is 29.8 Å². The molecule has 0 radical (unpaired) electrons. The van der Waals surface area contributed by atoms with Crippen LogP contribution in [0.3, 0.4) is 0 Å². The molecule has 0 fully saturated rings. The highest BCUT2D eigenvalue weighted by atomic mass is 79.9. The van der Waals surface area contributed by atoms with Gasteiger partial charge in [0.15, 0.2) is 5.78 Å². The second-order valence-electron chi connectivity index (χ2n) is 7.18. The minimum absolute atomic E-state index is 0.107. The van der Waals surface area contributed by atoms with E-state index in [1.807, 2.05) is 31.2 Å². The number of Topliss-reactive ketones (excluding diaryl/α,β-unsaturated/α-hetero) is 1. The summed E-state index contributed by atoms with van der Waals surface area (Å²) >= 11 is 3.43. The molecule has 0 aliphatic carbocycles. The first kappa shape index (κ1) is 20.4. The normalized spacial score (nSPS) is 13.7. The van der Waals surface area contributed by atoms with Crippen LogP contribution in [-0.2, 0) is 0 Å². The standard InChI is InChI=1S/C19H31BrO2Si/c1-8-18(20)19(21)16-9-11-17(12-10-16)22-23(13(2)3,14(4)5)15(6)7/h9-15,18H,8H2,1-7H3. The lowest BCUT2D eigenvalue weighted by molar-refractivity contribution is 0.0990. The summed E-state index contributed by atoms with van der Waals surface area (Å²) in [4.78, 5) is 12.1. The highest BCUT2D eigenvalue weighted by Crippen LogP contribution is 2.42. The van der Waals surface area contributed by atoms with E-state index in [4.69, 9.17) is 4.43 Å². The Balaban J connectivity index is 3.06. The monoisotopic (exact) mass is 398 g/mol. The van der Waals surface area contributed by atoms with Crippen LogP contribution in [0.2, 0.25) is 16.6 Å². The lowest BCUT2D eigenvalue weighted by atomic mass is 10.1. The second kappa shape index (κ2) is 8.47. The van der Waals surface area contributed by atoms with Crippen molar-refractivity contribution < 1.29 is 9.22 Å². The quantitative estimate of drug-likeness (QED) is 0.280. The number of alkyl halides is 1. The molecule has 130 valence electrons. The van der Waals surface area contributed by atoms with Crippen LogP contribution in [-0.4, -0.2) is 18.9 Å². The van der Waals surface area contributed by atoms with E-state index in [2.05, 4.69) is 57.5 Å². The summed E-state index contributed by atoms with van der Waals surface area (Å²) in [7, 11) is -1.94. The molecule has 0 heterocycles. The van der Waals surface area contributed by atoms with E-state index in [0.717, 1.165) is 17.7 Å². The van der Waals surface area contributed by atoms with E-state index in [1.54, 1.807) is 0 Å². The summed E-state index contributed by atoms with van der Waals surface area (Å²) in [6.07, 6.45) is 0.793. The van der Waals surface area contributed by atoms with Gasteiger partial charge in [0, 0.05) is 5.56 Å². The van der Waals surface area contributed by atoms with Crippen molar-refractivity contribution in [3.8, 4) is 5.75 Å². The third-order valence-electron chi connectivity index (χ3n) is 4.78. The molecule has 0 saturated carbocycles. The molecule has 1 atom stereocenters. The van der Waals surface area contributed by atoms with Gasteiger partial charge in [0.25, 0.3) is 8.32 Å². The number of halogens is 1. The predicted octanol–water partition coefficient (Wildman–Crippen LogP) is 6.60. The zero-order valence-electron chi connectivity index (χ0n) is 15.5. The molecule has 0 aliphatic rings. The third-order valence-corrected chi connectivity index (χ3v) is 11.9. The molecule has 0 N–H and O–H groups in total. The SMILES string of the molecule is CCC(Br)C(=O)c1ccc(O[Si](C(C)C)(C(C)C)C(C)C)cc1. The van der Waals surface area contributed by atoms with Gasteiger partial charge in [-0.05, 0) is 47.3 Å². The second-order valence-corrected chi connectivity index (χ2v) is 13.7. The van der Waals surface area contributed by atoms with E-state index in [9.17, 15) is 4.79 Å². The molecule has 0 bridgehead atoms. The van der Waals surface area contributed by atoms with Crippen molar-refractivity contribution in [2.24, 2.45) is 0 Å². The summed E-state index contributed by atoms with van der Waals surface area (Å²) in [5.41, 5.74) is 2.36. The lowest BCUT2D eigenvalue weighted by Crippen LogP contribution is -2.50. The van der Waals surface area contributed by atoms with E-state index in [1.165, 1.54) is 0 Å². The molecule has 0 amide bonds. The minimum Gasteiger partial charge on any atom is -0.543 e. The van der Waals surface area contributed by atoms with Crippen LogP contribution in [0.15, 0.2) is 24.3 Å². The smallest absolute Gasteiger partial charge is 0.258 e. The maximum atomic E-state index is 12.2. The molecule has 0 spiro atoms. The van der Waals surface area contributed by atoms with Crippen LogP contribution in [0.4, 0.5) is 0 Å². The van der Waals surface area contributed by atoms with E-state index >= 15 is 0 Å². The molecule has 0 aromatic heterocycles. The number of ketones is 1. The Morgan fingerprint density at radius 3 is 1.78 bits per heavy atom. The number of rotatable bonds is 8. The largest absolute Gasteiger partial charge is 0.543 e. The van der Waals surface area contributed by atoms with Gasteiger partial charge >= 0.3 is 0 Å². The molecular formula is C19H31BrO2Si. The molecular weight excluding hydrogens is 368 g/mol. The van der Waals surface area contributed by atoms with Crippen molar-refractivity contribution in [3.63, 3.8) is 0 Å². The van der Waals surface area contributed by atoms with Gasteiger partial charge in [-0.25, -0.2) is 0 Å². The van der Waals surface area contributed by atoms with Crippen LogP contribution < -0.4 is 4.43 Å². The van der Waals surface area contributed by atoms with E-state index in [0.29, 0.717) is 16.6 Å². The van der Waals surface area contributed by atoms with Crippen LogP contribution >= 0.6 is 15.9 Å². The highest BCUT2D eigenvalue weighted by molar-refractivity contribution is 9.10. The van der Waals surface area contributed by atoms with Crippen molar-refractivity contribution in [2.75, 3.05) is 0 Å². The van der Waals surface area contributed by atoms with Gasteiger partial charge in [0.2, 0.25) is 0 Å². The zero-order valence-corrected chi connectivity index (χ0v) is 18.1. The Morgan fingerprint density at radius 1 is 1.00 bits per heavy atom. The summed E-state index contributed by atoms with van der Waals surface area (Å²) < 4.78 is 6.62. The lowest BCUT2D eigenvalue weighted by Gasteiger charge is -2.42. The van der Waals surface area contributed by atoms with Crippen LogP contribution in [0.25, 0.3) is 0 Å². The molecule has 0 saturated heterocycles. The first-order chi connectivity index (χ1) is 10.7. The summed E-state index contributed by atoms with van der Waals surface area (Å²) in [6, 6.07) is 7.69. The Labute approximate surface area is 151 Å². The molecule has 0 aliphatic heterocycles. The molecule has 4 heteroatoms. The number of hydrogen-bond donors (Lipinski definition) is 0. The van der Waals surface area contributed by atoms with Gasteiger partial charge in [0.05, 0.1) is 4.83 Å². The summed E-state index contributed by atoms with van der Waals surface area (Å²) in [5, 5.41) is 0. The molecule has 1 aromatic rings. The summed E-state index contributed by atoms with van der Waals surface area (Å²) in [6.45, 7) is 15.7. The van der Waals surface area contributed by atoms with Crippen molar-refractivity contribution in [1.29, 1.82) is 0 Å². The van der Waals surface area contributed by atoms with Gasteiger partial charge in [-0.15, -0.1) is 0 Å². The van der Waals surface area contributed by atoms with E-state index < -0.39 is 8.32 Å². The first-order valence-corrected chi connectivity index (χ1v) is 11.7. The van der Waals surface area contributed by atoms with Crippen LogP contribution in [0.1, 0.15) is 65.2 Å². The summed E-state index contributed by atoms with van der Waals surface area (Å²) in [5.74, 6) is 1.03.